The Balaban J connectivity index is 2.24. The third kappa shape index (κ3) is 1.83. The van der Waals surface area contributed by atoms with Crippen LogP contribution in [-0.2, 0) is 5.41 Å². The van der Waals surface area contributed by atoms with E-state index < -0.39 is 0 Å². The van der Waals surface area contributed by atoms with Crippen molar-refractivity contribution in [2.24, 2.45) is 0 Å². The average molecular weight is 262 g/mol. The van der Waals surface area contributed by atoms with Crippen molar-refractivity contribution in [1.82, 2.24) is 0 Å². The van der Waals surface area contributed by atoms with E-state index in [0.717, 1.165) is 6.42 Å². The Bertz CT molecular complexity index is 576. The van der Waals surface area contributed by atoms with Gasteiger partial charge in [-0.25, -0.2) is 0 Å². The van der Waals surface area contributed by atoms with Crippen molar-refractivity contribution >= 4 is 0 Å². The lowest BCUT2D eigenvalue weighted by atomic mass is 9.72. The number of allylic oxidation sites excluding steroid dienone is 1. The summed E-state index contributed by atoms with van der Waals surface area (Å²) in [6, 6.07) is 17.8. The second-order valence-corrected chi connectivity index (χ2v) is 5.77. The van der Waals surface area contributed by atoms with Gasteiger partial charge in [-0.05, 0) is 35.1 Å². The fourth-order valence-electron chi connectivity index (χ4n) is 3.73. The first-order chi connectivity index (χ1) is 9.83. The number of hydrogen-bond acceptors (Lipinski definition) is 0. The summed E-state index contributed by atoms with van der Waals surface area (Å²) in [6.07, 6.45) is 6.83. The van der Waals surface area contributed by atoms with Gasteiger partial charge in [-0.2, -0.15) is 0 Å². The monoisotopic (exact) mass is 262 g/mol. The Kier molecular flexibility index (Phi) is 3.48. The van der Waals surface area contributed by atoms with Crippen LogP contribution in [0.15, 0.2) is 61.2 Å². The smallest absolute Gasteiger partial charge is 0.0249 e. The summed E-state index contributed by atoms with van der Waals surface area (Å²) < 4.78 is 0. The largest absolute Gasteiger partial charge is 0.103 e. The highest BCUT2D eigenvalue weighted by Crippen LogP contribution is 2.53. The summed E-state index contributed by atoms with van der Waals surface area (Å²) in [4.78, 5) is 0. The van der Waals surface area contributed by atoms with E-state index in [4.69, 9.17) is 0 Å². The minimum atomic E-state index is 0.144. The number of benzene rings is 2. The van der Waals surface area contributed by atoms with Gasteiger partial charge in [0.25, 0.3) is 0 Å². The Morgan fingerprint density at radius 3 is 2.00 bits per heavy atom. The third-order valence-corrected chi connectivity index (χ3v) is 4.63. The van der Waals surface area contributed by atoms with Gasteiger partial charge < -0.3 is 0 Å². The van der Waals surface area contributed by atoms with Gasteiger partial charge in [0.15, 0.2) is 0 Å². The molecule has 0 heterocycles. The first-order valence-corrected chi connectivity index (χ1v) is 7.64. The molecule has 3 rings (SSSR count). The second kappa shape index (κ2) is 5.28. The van der Waals surface area contributed by atoms with Crippen molar-refractivity contribution in [2.75, 3.05) is 0 Å². The molecule has 20 heavy (non-hydrogen) atoms. The molecule has 2 aromatic rings. The molecular formula is C20H22. The van der Waals surface area contributed by atoms with E-state index in [2.05, 4.69) is 68.1 Å². The van der Waals surface area contributed by atoms with Crippen LogP contribution in [0.25, 0.3) is 11.1 Å². The molecule has 0 saturated heterocycles. The van der Waals surface area contributed by atoms with Gasteiger partial charge in [0, 0.05) is 5.41 Å². The van der Waals surface area contributed by atoms with Crippen LogP contribution in [0.2, 0.25) is 0 Å². The average Bonchev–Trinajstić information content (AvgIpc) is 2.78. The number of fused-ring (bicyclic) bond motifs is 3. The van der Waals surface area contributed by atoms with Gasteiger partial charge in [-0.15, -0.1) is 6.58 Å². The summed E-state index contributed by atoms with van der Waals surface area (Å²) in [7, 11) is 0. The standard InChI is InChI=1S/C20H22/c1-3-5-15-20(14-4-2)18-12-8-6-10-16(18)17-11-7-9-13-19(17)20/h4,6-13H,2-3,5,14-15H2,1H3. The van der Waals surface area contributed by atoms with Gasteiger partial charge in [-0.3, -0.25) is 0 Å². The molecule has 102 valence electrons. The van der Waals surface area contributed by atoms with Gasteiger partial charge in [0.2, 0.25) is 0 Å². The molecule has 0 heteroatoms. The second-order valence-electron chi connectivity index (χ2n) is 5.77. The fourth-order valence-corrected chi connectivity index (χ4v) is 3.73. The molecule has 1 aliphatic rings. The van der Waals surface area contributed by atoms with Crippen LogP contribution in [0.3, 0.4) is 0 Å². The van der Waals surface area contributed by atoms with E-state index in [1.807, 2.05) is 0 Å². The lowest BCUT2D eigenvalue weighted by Gasteiger charge is -2.31. The normalized spacial score (nSPS) is 14.7. The fraction of sp³-hybridized carbons (Fsp3) is 0.300. The van der Waals surface area contributed by atoms with E-state index in [1.54, 1.807) is 0 Å². The van der Waals surface area contributed by atoms with Crippen molar-refractivity contribution in [3.63, 3.8) is 0 Å². The van der Waals surface area contributed by atoms with E-state index in [0.29, 0.717) is 0 Å². The third-order valence-electron chi connectivity index (χ3n) is 4.63. The highest BCUT2D eigenvalue weighted by atomic mass is 14.4. The Morgan fingerprint density at radius 1 is 0.950 bits per heavy atom. The van der Waals surface area contributed by atoms with Crippen molar-refractivity contribution in [1.29, 1.82) is 0 Å². The van der Waals surface area contributed by atoms with Crippen molar-refractivity contribution in [3.8, 4) is 11.1 Å². The van der Waals surface area contributed by atoms with Crippen LogP contribution in [-0.4, -0.2) is 0 Å². The Labute approximate surface area is 122 Å². The Morgan fingerprint density at radius 2 is 1.50 bits per heavy atom. The molecule has 0 N–H and O–H groups in total. The molecule has 0 saturated carbocycles. The van der Waals surface area contributed by atoms with Crippen LogP contribution in [0.1, 0.15) is 43.7 Å². The predicted octanol–water partition coefficient (Wildman–Crippen LogP) is 5.72. The molecule has 0 bridgehead atoms. The SMILES string of the molecule is C=CCC1(CCCC)c2ccccc2-c2ccccc21. The number of rotatable bonds is 5. The first kappa shape index (κ1) is 13.2. The zero-order chi connectivity index (χ0) is 14.0. The molecule has 0 unspecified atom stereocenters. The van der Waals surface area contributed by atoms with Crippen LogP contribution < -0.4 is 0 Å². The van der Waals surface area contributed by atoms with Crippen LogP contribution in [0, 0.1) is 0 Å². The molecule has 0 nitrogen and oxygen atoms in total. The van der Waals surface area contributed by atoms with Crippen LogP contribution in [0.5, 0.6) is 0 Å². The molecule has 0 atom stereocenters. The van der Waals surface area contributed by atoms with Crippen LogP contribution in [0.4, 0.5) is 0 Å². The number of hydrogen-bond donors (Lipinski definition) is 0. The van der Waals surface area contributed by atoms with E-state index in [-0.39, 0.29) is 5.41 Å². The summed E-state index contributed by atoms with van der Waals surface area (Å²) in [5.41, 5.74) is 5.97. The zero-order valence-corrected chi connectivity index (χ0v) is 12.2. The van der Waals surface area contributed by atoms with Crippen molar-refractivity contribution in [2.45, 2.75) is 38.0 Å². The van der Waals surface area contributed by atoms with Crippen molar-refractivity contribution in [3.05, 3.63) is 72.3 Å². The molecule has 1 aliphatic carbocycles. The lowest BCUT2D eigenvalue weighted by Crippen LogP contribution is -2.24. The molecule has 2 aromatic carbocycles. The molecule has 0 aromatic heterocycles. The maximum atomic E-state index is 4.02. The van der Waals surface area contributed by atoms with Gasteiger partial charge in [-0.1, -0.05) is 74.4 Å². The van der Waals surface area contributed by atoms with E-state index in [1.165, 1.54) is 41.5 Å². The minimum absolute atomic E-state index is 0.144. The summed E-state index contributed by atoms with van der Waals surface area (Å²) >= 11 is 0. The molecule has 0 spiro atoms. The van der Waals surface area contributed by atoms with Gasteiger partial charge in [0.05, 0.1) is 0 Å². The van der Waals surface area contributed by atoms with Crippen molar-refractivity contribution < 1.29 is 0 Å². The van der Waals surface area contributed by atoms with Gasteiger partial charge >= 0.3 is 0 Å². The highest BCUT2D eigenvalue weighted by Gasteiger charge is 2.41. The first-order valence-electron chi connectivity index (χ1n) is 7.64. The quantitative estimate of drug-likeness (QED) is 0.604. The maximum Gasteiger partial charge on any atom is 0.0249 e. The topological polar surface area (TPSA) is 0 Å². The van der Waals surface area contributed by atoms with E-state index in [9.17, 15) is 0 Å². The van der Waals surface area contributed by atoms with E-state index >= 15 is 0 Å². The lowest BCUT2D eigenvalue weighted by molar-refractivity contribution is 0.467. The van der Waals surface area contributed by atoms with Crippen LogP contribution >= 0.6 is 0 Å². The summed E-state index contributed by atoms with van der Waals surface area (Å²) in [5, 5.41) is 0. The Hall–Kier alpha value is -1.82. The number of unbranched alkanes of at least 4 members (excludes halogenated alkanes) is 1. The minimum Gasteiger partial charge on any atom is -0.103 e. The summed E-state index contributed by atoms with van der Waals surface area (Å²) in [5.74, 6) is 0. The summed E-state index contributed by atoms with van der Waals surface area (Å²) in [6.45, 7) is 6.30. The van der Waals surface area contributed by atoms with Gasteiger partial charge in [0.1, 0.15) is 0 Å². The highest BCUT2D eigenvalue weighted by molar-refractivity contribution is 5.81. The molecule has 0 radical (unpaired) electrons. The molecule has 0 amide bonds. The molecule has 0 fully saturated rings. The zero-order valence-electron chi connectivity index (χ0n) is 12.2. The molecular weight excluding hydrogens is 240 g/mol. The maximum absolute atomic E-state index is 4.02. The molecule has 0 aliphatic heterocycles. The predicted molar refractivity (Wildman–Crippen MR) is 87.0 cm³/mol.